The molecule has 2 N–H and O–H groups in total. The van der Waals surface area contributed by atoms with Crippen molar-refractivity contribution in [3.63, 3.8) is 0 Å². The Labute approximate surface area is 38.8 Å². The molecule has 42 valence electrons. The van der Waals surface area contributed by atoms with E-state index in [2.05, 4.69) is 11.9 Å². The van der Waals surface area contributed by atoms with Crippen molar-refractivity contribution >= 4 is 6.72 Å². The van der Waals surface area contributed by atoms with Gasteiger partial charge in [-0.25, -0.2) is 0 Å². The summed E-state index contributed by atoms with van der Waals surface area (Å²) in [5.41, 5.74) is 0. The second-order valence-electron chi connectivity index (χ2n) is 0.379. The van der Waals surface area contributed by atoms with Crippen LogP contribution in [0, 0.1) is 10.1 Å². The summed E-state index contributed by atoms with van der Waals surface area (Å²) in [6.45, 7) is 2.67. The fraction of sp³-hybridized carbons (Fsp3) is 0. The standard InChI is InChI=1S/CH3NO.HNO3/c1-2-3;2-1(3)4/h3H,1H2;(H,2,3,4). The maximum atomic E-state index is 8.36. The van der Waals surface area contributed by atoms with Crippen molar-refractivity contribution in [3.8, 4) is 0 Å². The minimum absolute atomic E-state index is 1.50. The van der Waals surface area contributed by atoms with E-state index < -0.39 is 5.09 Å². The molecule has 0 atom stereocenters. The number of oxime groups is 1. The van der Waals surface area contributed by atoms with Gasteiger partial charge in [0.25, 0.3) is 5.09 Å². The lowest BCUT2D eigenvalue weighted by atomic mass is 11.8. The van der Waals surface area contributed by atoms with Crippen LogP contribution in [0.15, 0.2) is 5.16 Å². The number of nitrogens with zero attached hydrogens (tertiary/aromatic N) is 2. The molecule has 0 bridgehead atoms. The molecule has 0 rings (SSSR count). The van der Waals surface area contributed by atoms with Gasteiger partial charge in [-0.3, -0.25) is 0 Å². The second-order valence-corrected chi connectivity index (χ2v) is 0.379. The van der Waals surface area contributed by atoms with E-state index in [1.807, 2.05) is 0 Å². The van der Waals surface area contributed by atoms with Crippen molar-refractivity contribution in [1.82, 2.24) is 0 Å². The Bertz CT molecular complexity index is 56.7. The highest BCUT2D eigenvalue weighted by molar-refractivity contribution is 5.20. The Balaban J connectivity index is 0. The van der Waals surface area contributed by atoms with E-state index in [1.54, 1.807) is 0 Å². The molecule has 0 aromatic heterocycles. The molecule has 0 amide bonds. The van der Waals surface area contributed by atoms with Crippen LogP contribution in [0.5, 0.6) is 0 Å². The Morgan fingerprint density at radius 3 is 1.86 bits per heavy atom. The van der Waals surface area contributed by atoms with Crippen LogP contribution >= 0.6 is 0 Å². The number of hydrogen-bond donors (Lipinski definition) is 2. The lowest BCUT2D eigenvalue weighted by Crippen LogP contribution is -1.81. The first-order chi connectivity index (χ1) is 3.15. The van der Waals surface area contributed by atoms with Crippen LogP contribution < -0.4 is 0 Å². The Morgan fingerprint density at radius 2 is 1.86 bits per heavy atom. The van der Waals surface area contributed by atoms with Gasteiger partial charge in [-0.05, 0) is 0 Å². The van der Waals surface area contributed by atoms with Gasteiger partial charge in [0, 0.05) is 6.72 Å². The Hall–Kier alpha value is -1.33. The first-order valence-electron chi connectivity index (χ1n) is 1.08. The number of hydrogen-bond acceptors (Lipinski definition) is 4. The molecule has 0 saturated carbocycles. The molecule has 0 aromatic carbocycles. The second kappa shape index (κ2) is 8.82. The molecule has 0 aliphatic heterocycles. The highest BCUT2D eigenvalue weighted by Gasteiger charge is 1.65. The molecular weight excluding hydrogens is 104 g/mol. The molecule has 0 aliphatic rings. The normalized spacial score (nSPS) is 5.14. The highest BCUT2D eigenvalue weighted by atomic mass is 16.9. The zero-order valence-corrected chi connectivity index (χ0v) is 3.31. The van der Waals surface area contributed by atoms with Crippen LogP contribution in [0.4, 0.5) is 0 Å². The first-order valence-corrected chi connectivity index (χ1v) is 1.08. The van der Waals surface area contributed by atoms with Crippen LogP contribution in [0.2, 0.25) is 0 Å². The van der Waals surface area contributed by atoms with Gasteiger partial charge in [0.1, 0.15) is 0 Å². The third-order valence-corrected chi connectivity index (χ3v) is 0. The van der Waals surface area contributed by atoms with E-state index in [0.29, 0.717) is 0 Å². The van der Waals surface area contributed by atoms with Crippen molar-refractivity contribution in [2.45, 2.75) is 0 Å². The maximum Gasteiger partial charge on any atom is 0.291 e. The van der Waals surface area contributed by atoms with Crippen molar-refractivity contribution < 1.29 is 15.5 Å². The largest absolute Gasteiger partial charge is 0.411 e. The van der Waals surface area contributed by atoms with Crippen LogP contribution in [0.1, 0.15) is 0 Å². The van der Waals surface area contributed by atoms with E-state index in [9.17, 15) is 0 Å². The summed E-state index contributed by atoms with van der Waals surface area (Å²) in [7, 11) is 0. The smallest absolute Gasteiger partial charge is 0.291 e. The minimum atomic E-state index is -1.50. The SMILES string of the molecule is C=NO.O=[N+]([O-])O. The highest BCUT2D eigenvalue weighted by Crippen LogP contribution is 1.38. The van der Waals surface area contributed by atoms with E-state index in [4.69, 9.17) is 20.5 Å². The third kappa shape index (κ3) is 18.8. The fourth-order valence-electron chi connectivity index (χ4n) is 0. The number of rotatable bonds is 0. The van der Waals surface area contributed by atoms with Crippen molar-refractivity contribution in [2.75, 3.05) is 0 Å². The Morgan fingerprint density at radius 1 is 1.86 bits per heavy atom. The summed E-state index contributed by atoms with van der Waals surface area (Å²) < 4.78 is 0. The predicted molar refractivity (Wildman–Crippen MR) is 20.1 cm³/mol. The monoisotopic (exact) mass is 108 g/mol. The Kier molecular flexibility index (Phi) is 11.6. The summed E-state index contributed by atoms with van der Waals surface area (Å²) in [5.74, 6) is 0. The van der Waals surface area contributed by atoms with Gasteiger partial charge >= 0.3 is 0 Å². The molecule has 0 radical (unpaired) electrons. The lowest BCUT2D eigenvalue weighted by molar-refractivity contribution is -0.742. The van der Waals surface area contributed by atoms with E-state index in [0.717, 1.165) is 0 Å². The summed E-state index contributed by atoms with van der Waals surface area (Å²) in [4.78, 5) is 8.36. The van der Waals surface area contributed by atoms with Gasteiger partial charge in [0.2, 0.25) is 0 Å². The van der Waals surface area contributed by atoms with E-state index in [1.165, 1.54) is 0 Å². The third-order valence-electron chi connectivity index (χ3n) is 0. The summed E-state index contributed by atoms with van der Waals surface area (Å²) >= 11 is 0. The molecule has 6 nitrogen and oxygen atoms in total. The summed E-state index contributed by atoms with van der Waals surface area (Å²) in [5, 5.41) is 23.0. The van der Waals surface area contributed by atoms with Crippen LogP contribution in [0.3, 0.4) is 0 Å². The maximum absolute atomic E-state index is 8.36. The van der Waals surface area contributed by atoms with Gasteiger partial charge in [-0.15, -0.1) is 15.3 Å². The zero-order valence-electron chi connectivity index (χ0n) is 3.31. The van der Waals surface area contributed by atoms with Crippen molar-refractivity contribution in [2.24, 2.45) is 5.16 Å². The molecule has 0 heterocycles. The van der Waals surface area contributed by atoms with Crippen LogP contribution in [-0.4, -0.2) is 22.2 Å². The van der Waals surface area contributed by atoms with Crippen molar-refractivity contribution in [1.29, 1.82) is 0 Å². The van der Waals surface area contributed by atoms with Gasteiger partial charge in [-0.2, -0.15) is 0 Å². The first kappa shape index (κ1) is 9.18. The van der Waals surface area contributed by atoms with Crippen molar-refractivity contribution in [3.05, 3.63) is 10.1 Å². The molecule has 0 spiro atoms. The van der Waals surface area contributed by atoms with Gasteiger partial charge in [0.15, 0.2) is 0 Å². The van der Waals surface area contributed by atoms with Crippen LogP contribution in [-0.2, 0) is 0 Å². The fourth-order valence-corrected chi connectivity index (χ4v) is 0. The zero-order chi connectivity index (χ0) is 6.28. The topological polar surface area (TPSA) is 96.0 Å². The van der Waals surface area contributed by atoms with Gasteiger partial charge in [0.05, 0.1) is 0 Å². The summed E-state index contributed by atoms with van der Waals surface area (Å²) in [6, 6.07) is 0. The van der Waals surface area contributed by atoms with Gasteiger partial charge in [-0.1, -0.05) is 0 Å². The molecule has 7 heavy (non-hydrogen) atoms. The quantitative estimate of drug-likeness (QED) is 0.193. The van der Waals surface area contributed by atoms with Gasteiger partial charge < -0.3 is 10.4 Å². The molecule has 6 heteroatoms. The lowest BCUT2D eigenvalue weighted by Gasteiger charge is -1.56. The molecule has 0 fully saturated rings. The predicted octanol–water partition coefficient (Wildman–Crippen LogP) is -0.272. The minimum Gasteiger partial charge on any atom is -0.411 e. The molecule has 0 saturated heterocycles. The van der Waals surface area contributed by atoms with E-state index in [-0.39, 0.29) is 0 Å². The van der Waals surface area contributed by atoms with Crippen LogP contribution in [0.25, 0.3) is 0 Å². The average Bonchev–Trinajstić information content (AvgIpc) is 1.33. The average molecular weight is 108 g/mol. The van der Waals surface area contributed by atoms with E-state index >= 15 is 0 Å². The summed E-state index contributed by atoms with van der Waals surface area (Å²) in [6.07, 6.45) is 0. The molecule has 0 aliphatic carbocycles. The molecule has 0 aromatic rings. The molecule has 0 unspecified atom stereocenters. The molecular formula is CH4N2O4.